The molecule has 156 valence electrons. The molecule has 3 rings (SSSR count). The maximum atomic E-state index is 12.1. The number of ether oxygens (including phenoxy) is 2. The number of hydrogen-bond acceptors (Lipinski definition) is 7. The van der Waals surface area contributed by atoms with E-state index in [1.54, 1.807) is 30.5 Å². The minimum Gasteiger partial charge on any atom is -0.490 e. The molecular weight excluding hydrogens is 424 g/mol. The number of para-hydroxylation sites is 1. The molecule has 0 saturated carbocycles. The van der Waals surface area contributed by atoms with E-state index in [4.69, 9.17) is 21.1 Å². The number of aryl methyl sites for hydroxylation is 1. The number of aromatic nitrogens is 1. The number of benzene rings is 2. The Morgan fingerprint density at radius 3 is 2.70 bits per heavy atom. The molecule has 30 heavy (non-hydrogen) atoms. The van der Waals surface area contributed by atoms with Crippen LogP contribution in [0.2, 0.25) is 5.02 Å². The summed E-state index contributed by atoms with van der Waals surface area (Å²) >= 11 is 7.83. The van der Waals surface area contributed by atoms with E-state index >= 15 is 0 Å². The van der Waals surface area contributed by atoms with Crippen LogP contribution in [0.4, 0.5) is 10.8 Å². The van der Waals surface area contributed by atoms with Gasteiger partial charge in [0.2, 0.25) is 5.13 Å². The molecule has 2 aromatic carbocycles. The zero-order valence-corrected chi connectivity index (χ0v) is 18.1. The second-order valence-electron chi connectivity index (χ2n) is 6.12. The fourth-order valence-electron chi connectivity index (χ4n) is 2.46. The summed E-state index contributed by atoms with van der Waals surface area (Å²) in [6.07, 6.45) is 1.58. The Kier molecular flexibility index (Phi) is 7.64. The quantitative estimate of drug-likeness (QED) is 0.359. The molecule has 1 heterocycles. The van der Waals surface area contributed by atoms with Crippen molar-refractivity contribution >= 4 is 45.9 Å². The van der Waals surface area contributed by atoms with E-state index in [-0.39, 0.29) is 12.5 Å². The fraction of sp³-hybridized carbons (Fsp3) is 0.190. The van der Waals surface area contributed by atoms with E-state index in [0.29, 0.717) is 39.5 Å². The van der Waals surface area contributed by atoms with Gasteiger partial charge in [-0.15, -0.1) is 11.3 Å². The van der Waals surface area contributed by atoms with E-state index < -0.39 is 0 Å². The highest BCUT2D eigenvalue weighted by molar-refractivity contribution is 7.13. The van der Waals surface area contributed by atoms with Gasteiger partial charge in [0.1, 0.15) is 0 Å². The molecule has 3 aromatic rings. The highest BCUT2D eigenvalue weighted by Crippen LogP contribution is 2.33. The first-order chi connectivity index (χ1) is 14.5. The molecular formula is C21H21ClN4O3S. The number of hydrazone groups is 1. The number of carbonyl (C=O) groups excluding carboxylic acids is 1. The largest absolute Gasteiger partial charge is 0.490 e. The monoisotopic (exact) mass is 444 g/mol. The fourth-order valence-corrected chi connectivity index (χ4v) is 3.29. The Bertz CT molecular complexity index is 1020. The highest BCUT2D eigenvalue weighted by atomic mass is 35.5. The Morgan fingerprint density at radius 2 is 2.00 bits per heavy atom. The van der Waals surface area contributed by atoms with Crippen molar-refractivity contribution in [1.82, 2.24) is 4.98 Å². The lowest BCUT2D eigenvalue weighted by atomic mass is 10.2. The minimum atomic E-state index is -0.284. The highest BCUT2D eigenvalue weighted by Gasteiger charge is 2.12. The molecule has 9 heteroatoms. The number of nitrogens with one attached hydrogen (secondary N) is 2. The zero-order valence-electron chi connectivity index (χ0n) is 16.5. The van der Waals surface area contributed by atoms with Crippen molar-refractivity contribution in [2.75, 3.05) is 24.0 Å². The van der Waals surface area contributed by atoms with Crippen LogP contribution >= 0.6 is 22.9 Å². The maximum absolute atomic E-state index is 12.1. The molecule has 7 nitrogen and oxygen atoms in total. The number of rotatable bonds is 9. The Labute approximate surface area is 183 Å². The van der Waals surface area contributed by atoms with E-state index in [1.807, 2.05) is 37.4 Å². The summed E-state index contributed by atoms with van der Waals surface area (Å²) in [5.74, 6) is 0.569. The zero-order chi connectivity index (χ0) is 21.3. The normalized spacial score (nSPS) is 10.8. The molecule has 0 atom stereocenters. The van der Waals surface area contributed by atoms with E-state index in [1.165, 1.54) is 11.3 Å². The number of anilines is 2. The van der Waals surface area contributed by atoms with E-state index in [0.717, 1.165) is 5.69 Å². The van der Waals surface area contributed by atoms with E-state index in [9.17, 15) is 4.79 Å². The van der Waals surface area contributed by atoms with Crippen LogP contribution in [0.15, 0.2) is 52.9 Å². The Morgan fingerprint density at radius 1 is 1.23 bits per heavy atom. The van der Waals surface area contributed by atoms with Crippen LogP contribution in [0.3, 0.4) is 0 Å². The van der Waals surface area contributed by atoms with Crippen LogP contribution in [0, 0.1) is 6.92 Å². The maximum Gasteiger partial charge on any atom is 0.262 e. The third kappa shape index (κ3) is 6.20. The molecule has 0 aliphatic carbocycles. The third-order valence-electron chi connectivity index (χ3n) is 3.76. The van der Waals surface area contributed by atoms with Crippen LogP contribution in [0.1, 0.15) is 18.2 Å². The number of thiazole rings is 1. The Balaban J connectivity index is 1.66. The average molecular weight is 445 g/mol. The molecule has 0 radical (unpaired) electrons. The minimum absolute atomic E-state index is 0.177. The van der Waals surface area contributed by atoms with Crippen molar-refractivity contribution in [2.45, 2.75) is 13.8 Å². The van der Waals surface area contributed by atoms with Crippen LogP contribution in [-0.4, -0.2) is 30.3 Å². The predicted octanol–water partition coefficient (Wildman–Crippen LogP) is 4.97. The van der Waals surface area contributed by atoms with Crippen molar-refractivity contribution in [3.8, 4) is 11.5 Å². The second kappa shape index (κ2) is 10.6. The van der Waals surface area contributed by atoms with Gasteiger partial charge in [-0.2, -0.15) is 5.10 Å². The molecule has 0 fully saturated rings. The van der Waals surface area contributed by atoms with Crippen molar-refractivity contribution in [1.29, 1.82) is 0 Å². The lowest BCUT2D eigenvalue weighted by molar-refractivity contribution is -0.118. The van der Waals surface area contributed by atoms with Gasteiger partial charge < -0.3 is 14.8 Å². The van der Waals surface area contributed by atoms with Crippen LogP contribution in [0.5, 0.6) is 11.5 Å². The summed E-state index contributed by atoms with van der Waals surface area (Å²) < 4.78 is 11.3. The van der Waals surface area contributed by atoms with Gasteiger partial charge in [0, 0.05) is 22.7 Å². The Hall–Kier alpha value is -3.10. The molecule has 0 unspecified atom stereocenters. The van der Waals surface area contributed by atoms with Crippen molar-refractivity contribution in [2.24, 2.45) is 5.10 Å². The van der Waals surface area contributed by atoms with Crippen molar-refractivity contribution in [3.05, 3.63) is 64.1 Å². The lowest BCUT2D eigenvalue weighted by Crippen LogP contribution is -2.20. The third-order valence-corrected chi connectivity index (χ3v) is 4.95. The molecule has 1 aromatic heterocycles. The molecule has 0 bridgehead atoms. The van der Waals surface area contributed by atoms with Gasteiger partial charge in [0.05, 0.1) is 23.5 Å². The molecule has 1 amide bonds. The van der Waals surface area contributed by atoms with Crippen LogP contribution in [0.25, 0.3) is 0 Å². The van der Waals surface area contributed by atoms with Gasteiger partial charge in [0.15, 0.2) is 18.1 Å². The van der Waals surface area contributed by atoms with Gasteiger partial charge in [-0.1, -0.05) is 29.8 Å². The number of amides is 1. The summed E-state index contributed by atoms with van der Waals surface area (Å²) in [6.45, 7) is 4.03. The topological polar surface area (TPSA) is 84.8 Å². The summed E-state index contributed by atoms with van der Waals surface area (Å²) in [5.41, 5.74) is 5.13. The number of hydrogen-bond donors (Lipinski definition) is 2. The van der Waals surface area contributed by atoms with Gasteiger partial charge in [-0.05, 0) is 32.0 Å². The first kappa shape index (κ1) is 21.6. The van der Waals surface area contributed by atoms with Crippen molar-refractivity contribution in [3.63, 3.8) is 0 Å². The summed E-state index contributed by atoms with van der Waals surface area (Å²) in [5, 5.41) is 9.96. The summed E-state index contributed by atoms with van der Waals surface area (Å²) in [4.78, 5) is 16.4. The number of nitrogens with zero attached hydrogens (tertiary/aromatic N) is 2. The average Bonchev–Trinajstić information content (AvgIpc) is 3.15. The molecule has 0 saturated heterocycles. The first-order valence-electron chi connectivity index (χ1n) is 9.20. The van der Waals surface area contributed by atoms with Gasteiger partial charge in [0.25, 0.3) is 5.91 Å². The summed E-state index contributed by atoms with van der Waals surface area (Å²) in [7, 11) is 0. The van der Waals surface area contributed by atoms with Crippen molar-refractivity contribution < 1.29 is 14.3 Å². The van der Waals surface area contributed by atoms with Gasteiger partial charge in [-0.3, -0.25) is 10.2 Å². The predicted molar refractivity (Wildman–Crippen MR) is 121 cm³/mol. The first-order valence-corrected chi connectivity index (χ1v) is 10.5. The molecule has 0 aliphatic heterocycles. The van der Waals surface area contributed by atoms with Crippen LogP contribution in [-0.2, 0) is 4.79 Å². The van der Waals surface area contributed by atoms with Gasteiger partial charge in [-0.25, -0.2) is 4.98 Å². The van der Waals surface area contributed by atoms with Gasteiger partial charge >= 0.3 is 0 Å². The standard InChI is InChI=1S/C21H21ClN4O3S/c1-3-28-18-9-15(11-23-26-21-24-14(2)13-30-21)17(22)10-19(18)29-12-20(27)25-16-7-5-4-6-8-16/h4-11,13H,3,12H2,1-2H3,(H,24,26)(H,25,27). The number of halogens is 1. The second-order valence-corrected chi connectivity index (χ2v) is 7.39. The van der Waals surface area contributed by atoms with Crippen LogP contribution < -0.4 is 20.2 Å². The SMILES string of the molecule is CCOc1cc(C=NNc2nc(C)cs2)c(Cl)cc1OCC(=O)Nc1ccccc1. The molecule has 2 N–H and O–H groups in total. The molecule has 0 spiro atoms. The lowest BCUT2D eigenvalue weighted by Gasteiger charge is -2.13. The summed E-state index contributed by atoms with van der Waals surface area (Å²) in [6, 6.07) is 12.5. The van der Waals surface area contributed by atoms with E-state index in [2.05, 4.69) is 20.8 Å². The number of carbonyl (C=O) groups is 1. The smallest absolute Gasteiger partial charge is 0.262 e. The molecule has 0 aliphatic rings.